The van der Waals surface area contributed by atoms with E-state index in [1.54, 1.807) is 35.4 Å². The van der Waals surface area contributed by atoms with Gasteiger partial charge in [-0.15, -0.1) is 0 Å². The Hall–Kier alpha value is -2.08. The predicted molar refractivity (Wildman–Crippen MR) is 152 cm³/mol. The minimum atomic E-state index is -0.430. The lowest BCUT2D eigenvalue weighted by Gasteiger charge is -2.33. The highest BCUT2D eigenvalue weighted by atomic mass is 127. The second-order valence-electron chi connectivity index (χ2n) is 8.37. The van der Waals surface area contributed by atoms with Crippen molar-refractivity contribution in [2.24, 2.45) is 16.6 Å². The molecule has 7 nitrogen and oxygen atoms in total. The monoisotopic (exact) mass is 662 g/mol. The quantitative estimate of drug-likeness (QED) is 0.126. The maximum absolute atomic E-state index is 14.8. The van der Waals surface area contributed by atoms with E-state index in [2.05, 4.69) is 20.3 Å². The van der Waals surface area contributed by atoms with Gasteiger partial charge in [0.2, 0.25) is 0 Å². The Bertz CT molecular complexity index is 1320. The number of amidine groups is 1. The summed E-state index contributed by atoms with van der Waals surface area (Å²) in [7, 11) is 0. The molecule has 0 aliphatic carbocycles. The van der Waals surface area contributed by atoms with E-state index in [4.69, 9.17) is 40.5 Å². The van der Waals surface area contributed by atoms with E-state index in [9.17, 15) is 9.18 Å². The molecule has 1 amide bonds. The van der Waals surface area contributed by atoms with Crippen LogP contribution in [0.5, 0.6) is 0 Å². The molecule has 3 heterocycles. The highest BCUT2D eigenvalue weighted by Gasteiger charge is 2.27. The molecule has 0 unspecified atom stereocenters. The molecule has 2 aromatic heterocycles. The number of benzene rings is 1. The zero-order valence-corrected chi connectivity index (χ0v) is 23.4. The number of aromatic amines is 1. The SMILES string of the molecule is N/C(=N\C(NC[C@H]1CCCN(C(=O)c2c(Cl)cccc2Cl)C1)=C(\F)CI)c1c[nH]c2ncc(Cl)cc12. The van der Waals surface area contributed by atoms with Crippen molar-refractivity contribution in [2.75, 3.05) is 24.1 Å². The number of hydrogen-bond donors (Lipinski definition) is 3. The van der Waals surface area contributed by atoms with Crippen molar-refractivity contribution in [2.45, 2.75) is 12.8 Å². The largest absolute Gasteiger partial charge is 0.383 e. The number of hydrogen-bond acceptors (Lipinski definition) is 4. The standard InChI is InChI=1S/C24H23Cl3FIN6O/c25-14-7-15-16(11-33-22(15)32-10-14)21(30)34-23(19(28)8-29)31-9-13-3-2-6-35(12-13)24(36)20-17(26)4-1-5-18(20)27/h1,4-5,7,10-11,13,31H,2-3,6,8-9,12H2,(H2,30,34)(H,32,33)/b23-19+/t13-/m1/s1. The number of fused-ring (bicyclic) bond motifs is 1. The zero-order valence-electron chi connectivity index (χ0n) is 19.0. The average molecular weight is 664 g/mol. The fourth-order valence-electron chi connectivity index (χ4n) is 4.15. The van der Waals surface area contributed by atoms with Gasteiger partial charge in [0.1, 0.15) is 11.5 Å². The van der Waals surface area contributed by atoms with Crippen LogP contribution in [-0.2, 0) is 0 Å². The maximum Gasteiger partial charge on any atom is 0.256 e. The summed E-state index contributed by atoms with van der Waals surface area (Å²) in [5, 5.41) is 4.89. The highest BCUT2D eigenvalue weighted by molar-refractivity contribution is 14.1. The number of H-pyrrole nitrogens is 1. The lowest BCUT2D eigenvalue weighted by atomic mass is 9.97. The summed E-state index contributed by atoms with van der Waals surface area (Å²) >= 11 is 20.5. The van der Waals surface area contributed by atoms with Crippen molar-refractivity contribution in [3.8, 4) is 0 Å². The Morgan fingerprint density at radius 3 is 2.81 bits per heavy atom. The van der Waals surface area contributed by atoms with Crippen LogP contribution in [0.25, 0.3) is 11.0 Å². The molecule has 12 heteroatoms. The van der Waals surface area contributed by atoms with Gasteiger partial charge in [-0.05, 0) is 37.0 Å². The number of piperidine rings is 1. The molecule has 0 radical (unpaired) electrons. The van der Waals surface area contributed by atoms with Crippen LogP contribution in [0.4, 0.5) is 4.39 Å². The number of nitrogens with zero attached hydrogens (tertiary/aromatic N) is 3. The summed E-state index contributed by atoms with van der Waals surface area (Å²) < 4.78 is 14.9. The van der Waals surface area contributed by atoms with Gasteiger partial charge in [0.15, 0.2) is 11.6 Å². The van der Waals surface area contributed by atoms with Crippen LogP contribution in [0.1, 0.15) is 28.8 Å². The van der Waals surface area contributed by atoms with Crippen LogP contribution in [0.15, 0.2) is 53.3 Å². The van der Waals surface area contributed by atoms with Gasteiger partial charge >= 0.3 is 0 Å². The summed E-state index contributed by atoms with van der Waals surface area (Å²) in [4.78, 5) is 26.4. The second-order valence-corrected chi connectivity index (χ2v) is 10.4. The van der Waals surface area contributed by atoms with E-state index in [1.807, 2.05) is 22.6 Å². The van der Waals surface area contributed by atoms with Gasteiger partial charge in [-0.2, -0.15) is 0 Å². The number of aliphatic imine (C=N–C) groups is 1. The molecular formula is C24H23Cl3FIN6O. The minimum Gasteiger partial charge on any atom is -0.383 e. The van der Waals surface area contributed by atoms with Gasteiger partial charge in [-0.25, -0.2) is 14.4 Å². The van der Waals surface area contributed by atoms with Crippen LogP contribution in [-0.4, -0.2) is 50.7 Å². The number of carbonyl (C=O) groups excluding carboxylic acids is 1. The summed E-state index contributed by atoms with van der Waals surface area (Å²) in [5.74, 6) is -0.376. The van der Waals surface area contributed by atoms with Crippen molar-refractivity contribution in [1.29, 1.82) is 0 Å². The number of amides is 1. The zero-order chi connectivity index (χ0) is 25.8. The lowest BCUT2D eigenvalue weighted by molar-refractivity contribution is 0.0675. The van der Waals surface area contributed by atoms with Crippen molar-refractivity contribution in [3.63, 3.8) is 0 Å². The molecule has 1 fully saturated rings. The van der Waals surface area contributed by atoms with Crippen LogP contribution in [0.2, 0.25) is 15.1 Å². The van der Waals surface area contributed by atoms with E-state index < -0.39 is 5.83 Å². The van der Waals surface area contributed by atoms with E-state index in [0.717, 1.165) is 12.8 Å². The molecule has 36 heavy (non-hydrogen) atoms. The first-order valence-electron chi connectivity index (χ1n) is 11.2. The Kier molecular flexibility index (Phi) is 8.97. The van der Waals surface area contributed by atoms with Crippen molar-refractivity contribution >= 4 is 80.2 Å². The molecule has 0 saturated carbocycles. The number of carbonyl (C=O) groups is 1. The number of alkyl halides is 1. The summed E-state index contributed by atoms with van der Waals surface area (Å²) in [5.41, 5.74) is 7.73. The van der Waals surface area contributed by atoms with Gasteiger partial charge in [0.25, 0.3) is 5.91 Å². The third kappa shape index (κ3) is 6.07. The Balaban J connectivity index is 1.48. The normalized spacial score (nSPS) is 17.3. The molecule has 190 valence electrons. The van der Waals surface area contributed by atoms with Gasteiger partial charge in [0, 0.05) is 43.0 Å². The third-order valence-corrected chi connectivity index (χ3v) is 7.43. The molecule has 1 aliphatic rings. The molecular weight excluding hydrogens is 641 g/mol. The summed E-state index contributed by atoms with van der Waals surface area (Å²) in [6.45, 7) is 1.50. The first-order chi connectivity index (χ1) is 17.3. The number of pyridine rings is 1. The van der Waals surface area contributed by atoms with Crippen LogP contribution < -0.4 is 11.1 Å². The van der Waals surface area contributed by atoms with Crippen LogP contribution in [0.3, 0.4) is 0 Å². The number of allylic oxidation sites excluding steroid dienone is 1. The second kappa shape index (κ2) is 12.0. The maximum atomic E-state index is 14.8. The van der Waals surface area contributed by atoms with Gasteiger partial charge in [-0.3, -0.25) is 4.79 Å². The lowest BCUT2D eigenvalue weighted by Crippen LogP contribution is -2.43. The average Bonchev–Trinajstić information content (AvgIpc) is 3.29. The van der Waals surface area contributed by atoms with Crippen LogP contribution in [0, 0.1) is 5.92 Å². The molecule has 4 rings (SSSR count). The Morgan fingerprint density at radius 1 is 1.33 bits per heavy atom. The van der Waals surface area contributed by atoms with Crippen molar-refractivity contribution in [3.05, 3.63) is 74.5 Å². The molecule has 1 aromatic carbocycles. The highest BCUT2D eigenvalue weighted by Crippen LogP contribution is 2.28. The molecule has 4 N–H and O–H groups in total. The number of aromatic nitrogens is 2. The van der Waals surface area contributed by atoms with Crippen LogP contribution >= 0.6 is 57.4 Å². The number of nitrogens with two attached hydrogens (primary N) is 1. The smallest absolute Gasteiger partial charge is 0.256 e. The third-order valence-electron chi connectivity index (χ3n) is 5.92. The molecule has 0 spiro atoms. The Labute approximate surface area is 236 Å². The molecule has 1 aliphatic heterocycles. The van der Waals surface area contributed by atoms with Crippen molar-refractivity contribution < 1.29 is 9.18 Å². The van der Waals surface area contributed by atoms with E-state index >= 15 is 0 Å². The summed E-state index contributed by atoms with van der Waals surface area (Å²) in [6, 6.07) is 6.72. The summed E-state index contributed by atoms with van der Waals surface area (Å²) in [6.07, 6.45) is 4.87. The van der Waals surface area contributed by atoms with Gasteiger partial charge in [0.05, 0.1) is 25.1 Å². The number of nitrogens with one attached hydrogen (secondary N) is 2. The topological polar surface area (TPSA) is 99.4 Å². The fourth-order valence-corrected chi connectivity index (χ4v) is 5.23. The first-order valence-corrected chi connectivity index (χ1v) is 13.8. The van der Waals surface area contributed by atoms with E-state index in [1.165, 1.54) is 6.20 Å². The van der Waals surface area contributed by atoms with E-state index in [-0.39, 0.29) is 27.9 Å². The minimum absolute atomic E-state index is 0.0591. The van der Waals surface area contributed by atoms with Crippen molar-refractivity contribution in [1.82, 2.24) is 20.2 Å². The molecule has 1 saturated heterocycles. The van der Waals surface area contributed by atoms with Gasteiger partial charge in [-0.1, -0.05) is 63.5 Å². The number of likely N-dealkylation sites (tertiary alicyclic amines) is 1. The fraction of sp³-hybridized carbons (Fsp3) is 0.292. The first kappa shape index (κ1) is 27.0. The Morgan fingerprint density at radius 2 is 2.08 bits per heavy atom. The molecule has 1 atom stereocenters. The number of rotatable bonds is 7. The number of halogens is 5. The van der Waals surface area contributed by atoms with Gasteiger partial charge < -0.3 is 20.9 Å². The van der Waals surface area contributed by atoms with E-state index in [0.29, 0.717) is 56.9 Å². The molecule has 0 bridgehead atoms. The predicted octanol–water partition coefficient (Wildman–Crippen LogP) is 5.94. The molecule has 3 aromatic rings.